The molecule has 0 radical (unpaired) electrons. The zero-order valence-corrected chi connectivity index (χ0v) is 19.7. The van der Waals surface area contributed by atoms with Crippen LogP contribution in [0.1, 0.15) is 20.8 Å². The van der Waals surface area contributed by atoms with E-state index >= 15 is 0 Å². The summed E-state index contributed by atoms with van der Waals surface area (Å²) in [6, 6.07) is 14.2. The first-order chi connectivity index (χ1) is 16.5. The van der Waals surface area contributed by atoms with Gasteiger partial charge < -0.3 is 9.47 Å². The number of hydrogen-bond donors (Lipinski definition) is 0. The van der Waals surface area contributed by atoms with Gasteiger partial charge in [-0.05, 0) is 24.3 Å². The average Bonchev–Trinajstić information content (AvgIpc) is 2.88. The number of aldehydes is 2. The van der Waals surface area contributed by atoms with Crippen LogP contribution in [0.2, 0.25) is 10.0 Å². The summed E-state index contributed by atoms with van der Waals surface area (Å²) in [4.78, 5) is 31.0. The number of benzene rings is 2. The lowest BCUT2D eigenvalue weighted by Crippen LogP contribution is -1.96. The van der Waals surface area contributed by atoms with Crippen molar-refractivity contribution in [2.75, 3.05) is 14.2 Å². The van der Waals surface area contributed by atoms with E-state index in [0.29, 0.717) is 66.9 Å². The molecule has 0 spiro atoms. The molecule has 2 aromatic carbocycles. The summed E-state index contributed by atoms with van der Waals surface area (Å²) in [6.45, 7) is 0. The summed E-state index contributed by atoms with van der Waals surface area (Å²) in [5.74, 6) is 0.780. The van der Waals surface area contributed by atoms with E-state index in [1.54, 1.807) is 42.7 Å². The molecule has 4 aromatic rings. The fourth-order valence-corrected chi connectivity index (χ4v) is 4.29. The van der Waals surface area contributed by atoms with Crippen molar-refractivity contribution in [3.8, 4) is 45.0 Å². The van der Waals surface area contributed by atoms with E-state index in [4.69, 9.17) is 32.7 Å². The Hall–Kier alpha value is -3.74. The number of methoxy groups -OCH3 is 2. The molecule has 0 N–H and O–H groups in total. The summed E-state index contributed by atoms with van der Waals surface area (Å²) < 4.78 is 10.6. The second-order valence-electron chi connectivity index (χ2n) is 7.19. The Morgan fingerprint density at radius 3 is 2.18 bits per heavy atom. The normalized spacial score (nSPS) is 10.6. The lowest BCUT2D eigenvalue weighted by Gasteiger charge is -2.14. The summed E-state index contributed by atoms with van der Waals surface area (Å²) >= 11 is 13.6. The van der Waals surface area contributed by atoms with E-state index in [1.807, 2.05) is 18.2 Å². The van der Waals surface area contributed by atoms with Gasteiger partial charge in [-0.2, -0.15) is 0 Å². The third-order valence-corrected chi connectivity index (χ3v) is 6.13. The highest BCUT2D eigenvalue weighted by Gasteiger charge is 2.18. The van der Waals surface area contributed by atoms with Crippen LogP contribution < -0.4 is 9.47 Å². The Labute approximate surface area is 206 Å². The van der Waals surface area contributed by atoms with Gasteiger partial charge in [-0.1, -0.05) is 47.5 Å². The van der Waals surface area contributed by atoms with E-state index in [9.17, 15) is 9.59 Å². The molecule has 0 aliphatic heterocycles. The second kappa shape index (κ2) is 10.0. The van der Waals surface area contributed by atoms with E-state index in [-0.39, 0.29) is 5.69 Å². The third-order valence-electron chi connectivity index (χ3n) is 5.34. The molecule has 0 atom stereocenters. The molecule has 170 valence electrons. The fourth-order valence-electron chi connectivity index (χ4n) is 3.63. The fraction of sp³-hybridized carbons (Fsp3) is 0.0769. The molecule has 34 heavy (non-hydrogen) atoms. The molecule has 6 nitrogen and oxygen atoms in total. The summed E-state index contributed by atoms with van der Waals surface area (Å²) in [7, 11) is 2.97. The highest BCUT2D eigenvalue weighted by atomic mass is 35.5. The smallest absolute Gasteiger partial charge is 0.172 e. The third kappa shape index (κ3) is 4.25. The summed E-state index contributed by atoms with van der Waals surface area (Å²) in [5, 5.41) is 0.854. The number of hydrogen-bond acceptors (Lipinski definition) is 6. The van der Waals surface area contributed by atoms with Gasteiger partial charge in [-0.25, -0.2) is 4.98 Å². The predicted octanol–water partition coefficient (Wildman–Crippen LogP) is 6.43. The topological polar surface area (TPSA) is 78.4 Å². The van der Waals surface area contributed by atoms with Gasteiger partial charge in [0.2, 0.25) is 0 Å². The lowest BCUT2D eigenvalue weighted by molar-refractivity contribution is 0.111. The number of halogens is 2. The van der Waals surface area contributed by atoms with Crippen LogP contribution in [0.3, 0.4) is 0 Å². The monoisotopic (exact) mass is 492 g/mol. The van der Waals surface area contributed by atoms with Crippen molar-refractivity contribution in [3.63, 3.8) is 0 Å². The number of carbonyl (C=O) groups excluding carboxylic acids is 2. The second-order valence-corrected chi connectivity index (χ2v) is 7.95. The SMILES string of the molecule is COc1cc(-c2nccc(-c3cccc(-c4cnc(C=O)c(OC)c4)c3Cl)c2Cl)ccc1C=O. The van der Waals surface area contributed by atoms with Crippen molar-refractivity contribution in [1.29, 1.82) is 0 Å². The van der Waals surface area contributed by atoms with Gasteiger partial charge in [0, 0.05) is 40.2 Å². The van der Waals surface area contributed by atoms with Crippen LogP contribution in [-0.2, 0) is 0 Å². The van der Waals surface area contributed by atoms with Crippen molar-refractivity contribution in [3.05, 3.63) is 82.2 Å². The van der Waals surface area contributed by atoms with E-state index in [0.717, 1.165) is 6.29 Å². The quantitative estimate of drug-likeness (QED) is 0.276. The van der Waals surface area contributed by atoms with Crippen molar-refractivity contribution >= 4 is 35.8 Å². The minimum Gasteiger partial charge on any atom is -0.496 e. The summed E-state index contributed by atoms with van der Waals surface area (Å²) in [6.07, 6.45) is 4.57. The first-order valence-electron chi connectivity index (χ1n) is 10.1. The minimum atomic E-state index is 0.205. The molecule has 0 fully saturated rings. The highest BCUT2D eigenvalue weighted by Crippen LogP contribution is 2.42. The van der Waals surface area contributed by atoms with Crippen LogP contribution in [0.25, 0.3) is 33.5 Å². The Bertz CT molecular complexity index is 1300. The first-order valence-corrected chi connectivity index (χ1v) is 10.8. The Morgan fingerprint density at radius 2 is 1.47 bits per heavy atom. The number of rotatable bonds is 7. The van der Waals surface area contributed by atoms with Crippen molar-refractivity contribution in [2.45, 2.75) is 0 Å². The molecule has 2 aromatic heterocycles. The van der Waals surface area contributed by atoms with Gasteiger partial charge in [0.05, 0.1) is 35.5 Å². The lowest BCUT2D eigenvalue weighted by atomic mass is 9.98. The highest BCUT2D eigenvalue weighted by molar-refractivity contribution is 6.39. The van der Waals surface area contributed by atoms with Gasteiger partial charge in [0.1, 0.15) is 17.2 Å². The number of carbonyl (C=O) groups is 2. The molecular weight excluding hydrogens is 475 g/mol. The zero-order valence-electron chi connectivity index (χ0n) is 18.2. The van der Waals surface area contributed by atoms with Crippen LogP contribution in [-0.4, -0.2) is 36.8 Å². The summed E-state index contributed by atoms with van der Waals surface area (Å²) in [5.41, 5.74) is 4.62. The van der Waals surface area contributed by atoms with E-state index in [2.05, 4.69) is 9.97 Å². The number of nitrogens with zero attached hydrogens (tertiary/aromatic N) is 2. The number of aromatic nitrogens is 2. The predicted molar refractivity (Wildman–Crippen MR) is 132 cm³/mol. The molecule has 4 rings (SSSR count). The van der Waals surface area contributed by atoms with Crippen LogP contribution in [0.4, 0.5) is 0 Å². The van der Waals surface area contributed by atoms with Crippen LogP contribution >= 0.6 is 23.2 Å². The maximum absolute atomic E-state index is 11.2. The molecule has 0 aliphatic rings. The molecule has 0 saturated carbocycles. The van der Waals surface area contributed by atoms with E-state index in [1.165, 1.54) is 14.2 Å². The van der Waals surface area contributed by atoms with E-state index < -0.39 is 0 Å². The molecule has 2 heterocycles. The molecule has 0 aliphatic carbocycles. The average molecular weight is 493 g/mol. The largest absolute Gasteiger partial charge is 0.496 e. The molecule has 0 unspecified atom stereocenters. The molecule has 0 bridgehead atoms. The standard InChI is InChI=1S/C26H18Cl2N2O4/c1-33-22-10-15(6-7-16(22)13-31)26-25(28)20(8-9-29-26)19-5-3-4-18(24(19)27)17-11-23(34-2)21(14-32)30-12-17/h3-14H,1-2H3. The molecule has 0 amide bonds. The van der Waals surface area contributed by atoms with Gasteiger partial charge in [-0.3, -0.25) is 14.6 Å². The van der Waals surface area contributed by atoms with Crippen molar-refractivity contribution in [2.24, 2.45) is 0 Å². The minimum absolute atomic E-state index is 0.205. The number of pyridine rings is 2. The number of ether oxygens (including phenoxy) is 2. The van der Waals surface area contributed by atoms with Crippen molar-refractivity contribution < 1.29 is 19.1 Å². The van der Waals surface area contributed by atoms with Gasteiger partial charge in [0.25, 0.3) is 0 Å². The van der Waals surface area contributed by atoms with Gasteiger partial charge >= 0.3 is 0 Å². The first kappa shape index (κ1) is 23.4. The van der Waals surface area contributed by atoms with Crippen molar-refractivity contribution in [1.82, 2.24) is 9.97 Å². The molecular formula is C26H18Cl2N2O4. The van der Waals surface area contributed by atoms with Gasteiger partial charge in [0.15, 0.2) is 12.6 Å². The molecule has 0 saturated heterocycles. The Kier molecular flexibility index (Phi) is 6.91. The van der Waals surface area contributed by atoms with Crippen LogP contribution in [0, 0.1) is 0 Å². The zero-order chi connectivity index (χ0) is 24.2. The maximum atomic E-state index is 11.2. The molecule has 8 heteroatoms. The maximum Gasteiger partial charge on any atom is 0.172 e. The Morgan fingerprint density at radius 1 is 0.765 bits per heavy atom. The van der Waals surface area contributed by atoms with Crippen LogP contribution in [0.5, 0.6) is 11.5 Å². The Balaban J connectivity index is 1.83. The van der Waals surface area contributed by atoms with Crippen LogP contribution in [0.15, 0.2) is 60.9 Å². The van der Waals surface area contributed by atoms with Gasteiger partial charge in [-0.15, -0.1) is 0 Å².